The van der Waals surface area contributed by atoms with Gasteiger partial charge in [-0.15, -0.1) is 0 Å². The average Bonchev–Trinajstić information content (AvgIpc) is 2.75. The van der Waals surface area contributed by atoms with E-state index < -0.39 is 0 Å². The molecule has 7 heteroatoms. The number of benzene rings is 1. The maximum atomic E-state index is 12.5. The summed E-state index contributed by atoms with van der Waals surface area (Å²) in [7, 11) is 0. The van der Waals surface area contributed by atoms with E-state index in [9.17, 15) is 9.59 Å². The minimum absolute atomic E-state index is 0.132. The van der Waals surface area contributed by atoms with Crippen molar-refractivity contribution in [3.8, 4) is 0 Å². The maximum Gasteiger partial charge on any atom is 0.269 e. The lowest BCUT2D eigenvalue weighted by Gasteiger charge is -2.26. The number of rotatable bonds is 7. The fourth-order valence-electron chi connectivity index (χ4n) is 3.04. The number of morpholine rings is 1. The Kier molecular flexibility index (Phi) is 7.11. The van der Waals surface area contributed by atoms with E-state index in [2.05, 4.69) is 20.5 Å². The zero-order chi connectivity index (χ0) is 19.8. The summed E-state index contributed by atoms with van der Waals surface area (Å²) in [5.74, 6) is -0.514. The third kappa shape index (κ3) is 5.61. The lowest BCUT2D eigenvalue weighted by molar-refractivity contribution is 0.0383. The van der Waals surface area contributed by atoms with Crippen molar-refractivity contribution in [1.29, 1.82) is 0 Å². The van der Waals surface area contributed by atoms with E-state index in [0.717, 1.165) is 38.4 Å². The first kappa shape index (κ1) is 20.0. The van der Waals surface area contributed by atoms with Gasteiger partial charge >= 0.3 is 0 Å². The zero-order valence-corrected chi connectivity index (χ0v) is 16.1. The smallest absolute Gasteiger partial charge is 0.269 e. The first-order valence-corrected chi connectivity index (χ1v) is 9.53. The molecule has 1 saturated heterocycles. The van der Waals surface area contributed by atoms with Crippen LogP contribution in [0.3, 0.4) is 0 Å². The number of hydrogen-bond donors (Lipinski definition) is 2. The second kappa shape index (κ2) is 9.96. The third-order valence-corrected chi connectivity index (χ3v) is 4.72. The molecule has 2 heterocycles. The Balaban J connectivity index is 1.53. The normalized spacial score (nSPS) is 15.6. The Morgan fingerprint density at radius 3 is 2.64 bits per heavy atom. The van der Waals surface area contributed by atoms with Gasteiger partial charge in [0.25, 0.3) is 11.8 Å². The van der Waals surface area contributed by atoms with Crippen molar-refractivity contribution >= 4 is 11.8 Å². The molecule has 1 aromatic heterocycles. The van der Waals surface area contributed by atoms with Gasteiger partial charge in [-0.1, -0.05) is 30.3 Å². The second-order valence-corrected chi connectivity index (χ2v) is 6.75. The monoisotopic (exact) mass is 382 g/mol. The van der Waals surface area contributed by atoms with Crippen LogP contribution in [0.15, 0.2) is 48.7 Å². The average molecular weight is 382 g/mol. The minimum atomic E-state index is -0.279. The SMILES string of the molecule is CC(NC(=O)c1ccnc(C(=O)NCCN2CCOCC2)c1)c1ccccc1. The molecule has 2 aromatic rings. The molecule has 1 unspecified atom stereocenters. The molecule has 1 aliphatic heterocycles. The Bertz CT molecular complexity index is 791. The topological polar surface area (TPSA) is 83.6 Å². The standard InChI is InChI=1S/C21H26N4O3/c1-16(17-5-3-2-4-6-17)24-20(26)18-7-8-22-19(15-18)21(27)23-9-10-25-11-13-28-14-12-25/h2-8,15-16H,9-14H2,1H3,(H,23,27)(H,24,26). The van der Waals surface area contributed by atoms with Crippen LogP contribution < -0.4 is 10.6 Å². The molecule has 2 N–H and O–H groups in total. The maximum absolute atomic E-state index is 12.5. The first-order chi connectivity index (χ1) is 13.6. The molecule has 7 nitrogen and oxygen atoms in total. The molecule has 0 saturated carbocycles. The van der Waals surface area contributed by atoms with Crippen LogP contribution in [0.5, 0.6) is 0 Å². The van der Waals surface area contributed by atoms with Crippen molar-refractivity contribution in [3.05, 3.63) is 65.5 Å². The summed E-state index contributed by atoms with van der Waals surface area (Å²) >= 11 is 0. The van der Waals surface area contributed by atoms with Gasteiger partial charge in [-0.2, -0.15) is 0 Å². The number of nitrogens with zero attached hydrogens (tertiary/aromatic N) is 2. The summed E-state index contributed by atoms with van der Waals surface area (Å²) in [6.07, 6.45) is 1.49. The molecule has 0 radical (unpaired) electrons. The van der Waals surface area contributed by atoms with Gasteiger partial charge in [0.15, 0.2) is 0 Å². The van der Waals surface area contributed by atoms with Crippen molar-refractivity contribution in [2.75, 3.05) is 39.4 Å². The molecule has 28 heavy (non-hydrogen) atoms. The molecular formula is C21H26N4O3. The fraction of sp³-hybridized carbons (Fsp3) is 0.381. The van der Waals surface area contributed by atoms with E-state index in [-0.39, 0.29) is 23.6 Å². The quantitative estimate of drug-likeness (QED) is 0.761. The molecule has 1 aromatic carbocycles. The van der Waals surface area contributed by atoms with E-state index >= 15 is 0 Å². The van der Waals surface area contributed by atoms with E-state index in [4.69, 9.17) is 4.74 Å². The summed E-state index contributed by atoms with van der Waals surface area (Å²) in [5, 5.41) is 5.81. The van der Waals surface area contributed by atoms with E-state index in [1.54, 1.807) is 6.07 Å². The molecule has 148 valence electrons. The molecule has 0 aliphatic carbocycles. The first-order valence-electron chi connectivity index (χ1n) is 9.53. The largest absolute Gasteiger partial charge is 0.379 e. The van der Waals surface area contributed by atoms with Crippen LogP contribution in [-0.4, -0.2) is 61.1 Å². The Labute approximate surface area is 165 Å². The second-order valence-electron chi connectivity index (χ2n) is 6.75. The number of amides is 2. The number of carbonyl (C=O) groups is 2. The van der Waals surface area contributed by atoms with Crippen LogP contribution >= 0.6 is 0 Å². The van der Waals surface area contributed by atoms with Crippen LogP contribution in [0.4, 0.5) is 0 Å². The Hall–Kier alpha value is -2.77. The van der Waals surface area contributed by atoms with Crippen molar-refractivity contribution in [1.82, 2.24) is 20.5 Å². The predicted octanol–water partition coefficient (Wildman–Crippen LogP) is 1.63. The van der Waals surface area contributed by atoms with Crippen molar-refractivity contribution in [2.45, 2.75) is 13.0 Å². The molecular weight excluding hydrogens is 356 g/mol. The van der Waals surface area contributed by atoms with Gasteiger partial charge in [-0.05, 0) is 24.6 Å². The van der Waals surface area contributed by atoms with Crippen LogP contribution in [0.2, 0.25) is 0 Å². The van der Waals surface area contributed by atoms with E-state index in [1.807, 2.05) is 37.3 Å². The lowest BCUT2D eigenvalue weighted by Crippen LogP contribution is -2.41. The highest BCUT2D eigenvalue weighted by Crippen LogP contribution is 2.12. The van der Waals surface area contributed by atoms with Gasteiger partial charge in [0.2, 0.25) is 0 Å². The van der Waals surface area contributed by atoms with Gasteiger partial charge in [0.05, 0.1) is 19.3 Å². The summed E-state index contributed by atoms with van der Waals surface area (Å²) in [6, 6.07) is 12.7. The highest BCUT2D eigenvalue weighted by molar-refractivity contribution is 5.98. The van der Waals surface area contributed by atoms with Gasteiger partial charge in [0.1, 0.15) is 5.69 Å². The van der Waals surface area contributed by atoms with Crippen LogP contribution in [0, 0.1) is 0 Å². The number of hydrogen-bond acceptors (Lipinski definition) is 5. The summed E-state index contributed by atoms with van der Waals surface area (Å²) in [6.45, 7) is 6.44. The zero-order valence-electron chi connectivity index (χ0n) is 16.1. The predicted molar refractivity (Wildman–Crippen MR) is 106 cm³/mol. The van der Waals surface area contributed by atoms with Crippen LogP contribution in [0.25, 0.3) is 0 Å². The van der Waals surface area contributed by atoms with Gasteiger partial charge in [-0.25, -0.2) is 0 Å². The van der Waals surface area contributed by atoms with Gasteiger partial charge in [0, 0.05) is 37.9 Å². The molecule has 1 fully saturated rings. The van der Waals surface area contributed by atoms with Gasteiger partial charge < -0.3 is 15.4 Å². The van der Waals surface area contributed by atoms with Crippen molar-refractivity contribution in [2.24, 2.45) is 0 Å². The summed E-state index contributed by atoms with van der Waals surface area (Å²) in [5.41, 5.74) is 1.67. The van der Waals surface area contributed by atoms with Crippen molar-refractivity contribution < 1.29 is 14.3 Å². The molecule has 1 atom stereocenters. The van der Waals surface area contributed by atoms with E-state index in [0.29, 0.717) is 12.1 Å². The number of nitrogens with one attached hydrogen (secondary N) is 2. The molecule has 1 aliphatic rings. The summed E-state index contributed by atoms with van der Waals surface area (Å²) in [4.78, 5) is 31.2. The highest BCUT2D eigenvalue weighted by Gasteiger charge is 2.15. The van der Waals surface area contributed by atoms with E-state index in [1.165, 1.54) is 12.3 Å². The van der Waals surface area contributed by atoms with Gasteiger partial charge in [-0.3, -0.25) is 19.5 Å². The third-order valence-electron chi connectivity index (χ3n) is 4.72. The molecule has 0 bridgehead atoms. The number of ether oxygens (including phenoxy) is 1. The number of carbonyl (C=O) groups excluding carboxylic acids is 2. The highest BCUT2D eigenvalue weighted by atomic mass is 16.5. The Morgan fingerprint density at radius 1 is 1.14 bits per heavy atom. The summed E-state index contributed by atoms with van der Waals surface area (Å²) < 4.78 is 5.31. The molecule has 2 amide bonds. The minimum Gasteiger partial charge on any atom is -0.379 e. The van der Waals surface area contributed by atoms with Crippen LogP contribution in [-0.2, 0) is 4.74 Å². The van der Waals surface area contributed by atoms with Crippen molar-refractivity contribution in [3.63, 3.8) is 0 Å². The fourth-order valence-corrected chi connectivity index (χ4v) is 3.04. The lowest BCUT2D eigenvalue weighted by atomic mass is 10.1. The molecule has 3 rings (SSSR count). The number of pyridine rings is 1. The Morgan fingerprint density at radius 2 is 1.89 bits per heavy atom. The van der Waals surface area contributed by atoms with Crippen LogP contribution in [0.1, 0.15) is 39.4 Å². The number of aromatic nitrogens is 1. The molecule has 0 spiro atoms.